The topological polar surface area (TPSA) is 37.4 Å². The Hall–Kier alpha value is -1.90. The Kier molecular flexibility index (Phi) is 9.13. The van der Waals surface area contributed by atoms with Crippen molar-refractivity contribution >= 4 is 17.5 Å². The van der Waals surface area contributed by atoms with Crippen molar-refractivity contribution in [3.05, 3.63) is 42.0 Å². The molecule has 2 rings (SSSR count). The smallest absolute Gasteiger partial charge is 0.237 e. The van der Waals surface area contributed by atoms with Gasteiger partial charge in [-0.2, -0.15) is 0 Å². The number of anilines is 1. The minimum absolute atomic E-state index is 0.0559. The Morgan fingerprint density at radius 2 is 1.55 bits per heavy atom. The zero-order valence-corrected chi connectivity index (χ0v) is 18.9. The second-order valence-corrected chi connectivity index (χ2v) is 9.38. The van der Waals surface area contributed by atoms with Crippen LogP contribution in [0.25, 0.3) is 0 Å². The highest BCUT2D eigenvalue weighted by atomic mass is 16.2. The van der Waals surface area contributed by atoms with Gasteiger partial charge in [-0.05, 0) is 42.4 Å². The summed E-state index contributed by atoms with van der Waals surface area (Å²) in [5.41, 5.74) is 1.95. The molecule has 1 unspecified atom stereocenters. The first-order valence-corrected chi connectivity index (χ1v) is 11.5. The molecule has 1 aromatic carbocycles. The van der Waals surface area contributed by atoms with Crippen molar-refractivity contribution in [2.75, 3.05) is 4.90 Å². The van der Waals surface area contributed by atoms with Crippen molar-refractivity contribution in [2.24, 2.45) is 5.92 Å². The number of nitrogens with zero attached hydrogens (tertiary/aromatic N) is 1. The number of allylic oxidation sites excluding steroid dienone is 2. The lowest BCUT2D eigenvalue weighted by Crippen LogP contribution is -2.30. The molecule has 0 N–H and O–H groups in total. The van der Waals surface area contributed by atoms with E-state index < -0.39 is 0 Å². The van der Waals surface area contributed by atoms with E-state index in [0.29, 0.717) is 18.5 Å². The van der Waals surface area contributed by atoms with Gasteiger partial charge in [0.05, 0.1) is 11.6 Å². The Morgan fingerprint density at radius 3 is 2.17 bits per heavy atom. The van der Waals surface area contributed by atoms with E-state index in [0.717, 1.165) is 6.42 Å². The van der Waals surface area contributed by atoms with Crippen molar-refractivity contribution < 1.29 is 9.59 Å². The van der Waals surface area contributed by atoms with E-state index in [-0.39, 0.29) is 23.1 Å². The van der Waals surface area contributed by atoms with Gasteiger partial charge >= 0.3 is 0 Å². The summed E-state index contributed by atoms with van der Waals surface area (Å²) >= 11 is 0. The fourth-order valence-electron chi connectivity index (χ4n) is 3.86. The number of rotatable bonds is 11. The molecule has 2 amide bonds. The van der Waals surface area contributed by atoms with Crippen molar-refractivity contribution in [3.63, 3.8) is 0 Å². The predicted molar refractivity (Wildman–Crippen MR) is 122 cm³/mol. The lowest BCUT2D eigenvalue weighted by Gasteiger charge is -2.21. The van der Waals surface area contributed by atoms with Gasteiger partial charge in [0, 0.05) is 6.42 Å². The van der Waals surface area contributed by atoms with E-state index in [4.69, 9.17) is 0 Å². The molecule has 1 saturated heterocycles. The van der Waals surface area contributed by atoms with Crippen molar-refractivity contribution in [1.29, 1.82) is 0 Å². The van der Waals surface area contributed by atoms with Crippen molar-refractivity contribution in [1.82, 2.24) is 0 Å². The van der Waals surface area contributed by atoms with Gasteiger partial charge in [0.15, 0.2) is 0 Å². The minimum atomic E-state index is -0.213. The Labute approximate surface area is 177 Å². The molecule has 29 heavy (non-hydrogen) atoms. The van der Waals surface area contributed by atoms with Crippen LogP contribution in [-0.2, 0) is 15.0 Å². The molecule has 0 bridgehead atoms. The Balaban J connectivity index is 1.77. The second kappa shape index (κ2) is 11.3. The largest absolute Gasteiger partial charge is 0.274 e. The normalized spacial score (nSPS) is 17.7. The number of imide groups is 1. The quantitative estimate of drug-likeness (QED) is 0.230. The Morgan fingerprint density at radius 1 is 0.931 bits per heavy atom. The lowest BCUT2D eigenvalue weighted by atomic mass is 9.87. The molecule has 0 spiro atoms. The molecule has 1 fully saturated rings. The molecule has 3 nitrogen and oxygen atoms in total. The number of amides is 2. The van der Waals surface area contributed by atoms with Crippen LogP contribution in [0.2, 0.25) is 0 Å². The second-order valence-electron chi connectivity index (χ2n) is 9.38. The van der Waals surface area contributed by atoms with Crippen LogP contribution in [0.5, 0.6) is 0 Å². The molecular weight excluding hydrogens is 358 g/mol. The highest BCUT2D eigenvalue weighted by Gasteiger charge is 2.38. The molecule has 1 aliphatic rings. The van der Waals surface area contributed by atoms with Crippen LogP contribution in [0.4, 0.5) is 5.69 Å². The SMILES string of the molecule is CCCCCCCCCC=CCC1CC(=O)N(c2ccc(C(C)(C)C)cc2)C1=O. The zero-order chi connectivity index (χ0) is 21.3. The highest BCUT2D eigenvalue weighted by Crippen LogP contribution is 2.31. The van der Waals surface area contributed by atoms with Crippen LogP contribution in [-0.4, -0.2) is 11.8 Å². The summed E-state index contributed by atoms with van der Waals surface area (Å²) in [6, 6.07) is 7.83. The molecule has 0 aromatic heterocycles. The standard InChI is InChI=1S/C26H39NO2/c1-5-6-7-8-9-10-11-12-13-14-15-21-20-24(28)27(25(21)29)23-18-16-22(17-19-23)26(2,3)4/h13-14,16-19,21H,5-12,15,20H2,1-4H3. The number of unbranched alkanes of at least 4 members (excludes halogenated alkanes) is 7. The van der Waals surface area contributed by atoms with Gasteiger partial charge in [0.25, 0.3) is 0 Å². The maximum absolute atomic E-state index is 12.8. The molecule has 3 heteroatoms. The molecule has 1 aromatic rings. The van der Waals surface area contributed by atoms with Crippen LogP contribution in [0.15, 0.2) is 36.4 Å². The van der Waals surface area contributed by atoms with Gasteiger partial charge in [-0.1, -0.05) is 90.5 Å². The molecule has 0 radical (unpaired) electrons. The number of hydrogen-bond acceptors (Lipinski definition) is 2. The van der Waals surface area contributed by atoms with Gasteiger partial charge in [-0.3, -0.25) is 14.5 Å². The van der Waals surface area contributed by atoms with E-state index in [2.05, 4.69) is 39.8 Å². The number of carbonyl (C=O) groups excluding carboxylic acids is 2. The van der Waals surface area contributed by atoms with Crippen LogP contribution >= 0.6 is 0 Å². The van der Waals surface area contributed by atoms with Crippen molar-refractivity contribution in [2.45, 2.75) is 97.3 Å². The van der Waals surface area contributed by atoms with Crippen LogP contribution in [0.1, 0.15) is 97.5 Å². The average molecular weight is 398 g/mol. The summed E-state index contributed by atoms with van der Waals surface area (Å²) in [5.74, 6) is -0.349. The molecule has 1 heterocycles. The van der Waals surface area contributed by atoms with E-state index in [9.17, 15) is 9.59 Å². The van der Waals surface area contributed by atoms with E-state index in [1.165, 1.54) is 55.4 Å². The number of benzene rings is 1. The predicted octanol–water partition coefficient (Wildman–Crippen LogP) is 6.95. The van der Waals surface area contributed by atoms with Crippen LogP contribution in [0, 0.1) is 5.92 Å². The van der Waals surface area contributed by atoms with Crippen LogP contribution < -0.4 is 4.90 Å². The van der Waals surface area contributed by atoms with E-state index in [1.54, 1.807) is 0 Å². The zero-order valence-electron chi connectivity index (χ0n) is 18.9. The maximum atomic E-state index is 12.8. The highest BCUT2D eigenvalue weighted by molar-refractivity contribution is 6.20. The molecule has 1 aliphatic heterocycles. The molecule has 0 aliphatic carbocycles. The van der Waals surface area contributed by atoms with Gasteiger partial charge in [0.2, 0.25) is 11.8 Å². The first-order chi connectivity index (χ1) is 13.8. The first-order valence-electron chi connectivity index (χ1n) is 11.5. The average Bonchev–Trinajstić information content (AvgIpc) is 2.96. The third-order valence-corrected chi connectivity index (χ3v) is 5.79. The monoisotopic (exact) mass is 397 g/mol. The van der Waals surface area contributed by atoms with Crippen molar-refractivity contribution in [3.8, 4) is 0 Å². The summed E-state index contributed by atoms with van der Waals surface area (Å²) in [6.07, 6.45) is 15.5. The molecule has 160 valence electrons. The lowest BCUT2D eigenvalue weighted by molar-refractivity contribution is -0.122. The molecule has 1 atom stereocenters. The summed E-state index contributed by atoms with van der Waals surface area (Å²) < 4.78 is 0. The third-order valence-electron chi connectivity index (χ3n) is 5.79. The van der Waals surface area contributed by atoms with E-state index in [1.807, 2.05) is 24.3 Å². The fourth-order valence-corrected chi connectivity index (χ4v) is 3.86. The van der Waals surface area contributed by atoms with E-state index >= 15 is 0 Å². The van der Waals surface area contributed by atoms with Gasteiger partial charge in [-0.15, -0.1) is 0 Å². The number of hydrogen-bond donors (Lipinski definition) is 0. The van der Waals surface area contributed by atoms with Gasteiger partial charge in [-0.25, -0.2) is 0 Å². The fraction of sp³-hybridized carbons (Fsp3) is 0.615. The summed E-state index contributed by atoms with van der Waals surface area (Å²) in [5, 5.41) is 0. The van der Waals surface area contributed by atoms with Gasteiger partial charge < -0.3 is 0 Å². The molecule has 0 saturated carbocycles. The Bertz CT molecular complexity index is 682. The summed E-state index contributed by atoms with van der Waals surface area (Å²) in [4.78, 5) is 26.6. The van der Waals surface area contributed by atoms with Gasteiger partial charge in [0.1, 0.15) is 0 Å². The van der Waals surface area contributed by atoms with Crippen LogP contribution in [0.3, 0.4) is 0 Å². The third kappa shape index (κ3) is 7.13. The minimum Gasteiger partial charge on any atom is -0.274 e. The number of carbonyl (C=O) groups is 2. The first kappa shape index (κ1) is 23.4. The summed E-state index contributed by atoms with van der Waals surface area (Å²) in [7, 11) is 0. The molecular formula is C26H39NO2. The maximum Gasteiger partial charge on any atom is 0.237 e. The summed E-state index contributed by atoms with van der Waals surface area (Å²) in [6.45, 7) is 8.71.